The van der Waals surface area contributed by atoms with Gasteiger partial charge in [0.15, 0.2) is 0 Å². The molecule has 0 bridgehead atoms. The van der Waals surface area contributed by atoms with Gasteiger partial charge >= 0.3 is 0 Å². The van der Waals surface area contributed by atoms with E-state index in [2.05, 4.69) is 26.0 Å². The lowest BCUT2D eigenvalue weighted by Gasteiger charge is -2.04. The molecule has 0 aliphatic heterocycles. The maximum Gasteiger partial charge on any atom is 0.212 e. The van der Waals surface area contributed by atoms with Gasteiger partial charge in [0, 0.05) is 24.5 Å². The van der Waals surface area contributed by atoms with Crippen LogP contribution in [0.25, 0.3) is 0 Å². The summed E-state index contributed by atoms with van der Waals surface area (Å²) in [6.07, 6.45) is 4.85. The van der Waals surface area contributed by atoms with Crippen molar-refractivity contribution < 1.29 is 4.79 Å². The summed E-state index contributed by atoms with van der Waals surface area (Å²) in [6.45, 7) is 2.61. The Morgan fingerprint density at radius 3 is 2.75 bits per heavy atom. The summed E-state index contributed by atoms with van der Waals surface area (Å²) in [4.78, 5) is 16.1. The number of hydrogen-bond acceptors (Lipinski definition) is 3. The largest absolute Gasteiger partial charge is 0.287 e. The normalized spacial score (nSPS) is 10.4. The second-order valence-electron chi connectivity index (χ2n) is 3.22. The van der Waals surface area contributed by atoms with Gasteiger partial charge in [-0.05, 0) is 35.0 Å². The van der Waals surface area contributed by atoms with Crippen molar-refractivity contribution in [3.05, 3.63) is 46.5 Å². The first-order chi connectivity index (χ1) is 7.74. The summed E-state index contributed by atoms with van der Waals surface area (Å²) in [5, 5.41) is 4.11. The topological polar surface area (TPSA) is 47.8 Å². The Morgan fingerprint density at radius 1 is 1.44 bits per heavy atom. The number of hydrogen-bond donors (Lipinski definition) is 0. The molecule has 0 atom stereocenters. The third-order valence-corrected chi connectivity index (χ3v) is 2.83. The zero-order chi connectivity index (χ0) is 11.5. The van der Waals surface area contributed by atoms with Crippen molar-refractivity contribution >= 4 is 21.7 Å². The maximum atomic E-state index is 12.2. The molecule has 0 saturated carbocycles. The van der Waals surface area contributed by atoms with Gasteiger partial charge in [-0.15, -0.1) is 0 Å². The molecule has 0 radical (unpaired) electrons. The van der Waals surface area contributed by atoms with E-state index in [0.717, 1.165) is 4.47 Å². The van der Waals surface area contributed by atoms with E-state index in [4.69, 9.17) is 0 Å². The van der Waals surface area contributed by atoms with Gasteiger partial charge in [-0.3, -0.25) is 14.5 Å². The smallest absolute Gasteiger partial charge is 0.212 e. The highest BCUT2D eigenvalue weighted by molar-refractivity contribution is 9.10. The summed E-state index contributed by atoms with van der Waals surface area (Å²) >= 11 is 3.34. The summed E-state index contributed by atoms with van der Waals surface area (Å²) in [6, 6.07) is 3.39. The molecule has 0 aliphatic rings. The third kappa shape index (κ3) is 1.90. The Bertz CT molecular complexity index is 507. The molecule has 2 aromatic rings. The number of pyridine rings is 1. The predicted molar refractivity (Wildman–Crippen MR) is 63.3 cm³/mol. The zero-order valence-electron chi connectivity index (χ0n) is 8.72. The number of carbonyl (C=O) groups excluding carboxylic acids is 1. The van der Waals surface area contributed by atoms with E-state index in [1.165, 1.54) is 0 Å². The summed E-state index contributed by atoms with van der Waals surface area (Å²) < 4.78 is 2.39. The van der Waals surface area contributed by atoms with E-state index in [1.807, 2.05) is 6.92 Å². The van der Waals surface area contributed by atoms with Crippen LogP contribution in [-0.2, 0) is 6.54 Å². The van der Waals surface area contributed by atoms with Crippen LogP contribution in [0.15, 0.2) is 35.2 Å². The molecule has 0 unspecified atom stereocenters. The molecule has 82 valence electrons. The van der Waals surface area contributed by atoms with Gasteiger partial charge in [-0.2, -0.15) is 5.10 Å². The maximum absolute atomic E-state index is 12.2. The fourth-order valence-corrected chi connectivity index (χ4v) is 1.94. The van der Waals surface area contributed by atoms with Crippen molar-refractivity contribution in [1.29, 1.82) is 0 Å². The zero-order valence-corrected chi connectivity index (χ0v) is 10.3. The van der Waals surface area contributed by atoms with Crippen molar-refractivity contribution in [2.24, 2.45) is 0 Å². The Morgan fingerprint density at radius 2 is 2.12 bits per heavy atom. The summed E-state index contributed by atoms with van der Waals surface area (Å²) in [7, 11) is 0. The van der Waals surface area contributed by atoms with Gasteiger partial charge in [0.05, 0.1) is 10.7 Å². The van der Waals surface area contributed by atoms with Crippen LogP contribution in [0.1, 0.15) is 23.0 Å². The number of nitrogens with zero attached hydrogens (tertiary/aromatic N) is 3. The fraction of sp³-hybridized carbons (Fsp3) is 0.182. The fourth-order valence-electron chi connectivity index (χ4n) is 1.47. The van der Waals surface area contributed by atoms with Gasteiger partial charge in [0.1, 0.15) is 5.69 Å². The van der Waals surface area contributed by atoms with E-state index < -0.39 is 0 Å². The van der Waals surface area contributed by atoms with E-state index in [9.17, 15) is 4.79 Å². The Balaban J connectivity index is 2.45. The van der Waals surface area contributed by atoms with Gasteiger partial charge in [-0.25, -0.2) is 0 Å². The molecule has 0 N–H and O–H groups in total. The number of carbonyl (C=O) groups is 1. The van der Waals surface area contributed by atoms with E-state index in [1.54, 1.807) is 35.4 Å². The molecule has 0 spiro atoms. The van der Waals surface area contributed by atoms with Gasteiger partial charge in [0.25, 0.3) is 0 Å². The number of ketones is 1. The number of aromatic nitrogens is 3. The van der Waals surface area contributed by atoms with Crippen LogP contribution in [0.4, 0.5) is 0 Å². The van der Waals surface area contributed by atoms with E-state index in [0.29, 0.717) is 17.8 Å². The minimum atomic E-state index is -0.0476. The number of rotatable bonds is 3. The van der Waals surface area contributed by atoms with Crippen LogP contribution in [0.3, 0.4) is 0 Å². The standard InChI is InChI=1S/C11H10BrN3O/c1-2-15-10(9(12)7-14-15)11(16)8-3-5-13-6-4-8/h3-7H,2H2,1H3. The van der Waals surface area contributed by atoms with Crippen LogP contribution in [0, 0.1) is 0 Å². The summed E-state index contributed by atoms with van der Waals surface area (Å²) in [5.74, 6) is -0.0476. The SMILES string of the molecule is CCn1ncc(Br)c1C(=O)c1ccncc1. The first-order valence-electron chi connectivity index (χ1n) is 4.90. The molecule has 2 heterocycles. The van der Waals surface area contributed by atoms with E-state index >= 15 is 0 Å². The minimum Gasteiger partial charge on any atom is -0.287 e. The Kier molecular flexibility index (Phi) is 3.14. The molecule has 0 aliphatic carbocycles. The lowest BCUT2D eigenvalue weighted by Crippen LogP contribution is -2.11. The number of halogens is 1. The highest BCUT2D eigenvalue weighted by atomic mass is 79.9. The highest BCUT2D eigenvalue weighted by Crippen LogP contribution is 2.19. The van der Waals surface area contributed by atoms with E-state index in [-0.39, 0.29) is 5.78 Å². The average Bonchev–Trinajstić information content (AvgIpc) is 2.70. The molecule has 0 fully saturated rings. The molecule has 4 nitrogen and oxygen atoms in total. The Labute approximate surface area is 101 Å². The van der Waals surface area contributed by atoms with Crippen molar-refractivity contribution in [2.75, 3.05) is 0 Å². The molecular weight excluding hydrogens is 270 g/mol. The third-order valence-electron chi connectivity index (χ3n) is 2.25. The van der Waals surface area contributed by atoms with Gasteiger partial charge in [-0.1, -0.05) is 0 Å². The molecule has 0 saturated heterocycles. The lowest BCUT2D eigenvalue weighted by molar-refractivity contribution is 0.102. The minimum absolute atomic E-state index is 0.0476. The van der Waals surface area contributed by atoms with Crippen LogP contribution < -0.4 is 0 Å². The predicted octanol–water partition coefficient (Wildman–Crippen LogP) is 2.29. The van der Waals surface area contributed by atoms with Crippen LogP contribution in [0.5, 0.6) is 0 Å². The van der Waals surface area contributed by atoms with Crippen molar-refractivity contribution in [2.45, 2.75) is 13.5 Å². The summed E-state index contributed by atoms with van der Waals surface area (Å²) in [5.41, 5.74) is 1.19. The van der Waals surface area contributed by atoms with Crippen molar-refractivity contribution in [3.63, 3.8) is 0 Å². The van der Waals surface area contributed by atoms with Crippen LogP contribution >= 0.6 is 15.9 Å². The van der Waals surface area contributed by atoms with Gasteiger partial charge in [0.2, 0.25) is 5.78 Å². The first-order valence-corrected chi connectivity index (χ1v) is 5.69. The molecule has 2 aromatic heterocycles. The quantitative estimate of drug-likeness (QED) is 0.810. The van der Waals surface area contributed by atoms with Crippen molar-refractivity contribution in [3.8, 4) is 0 Å². The second kappa shape index (κ2) is 4.57. The van der Waals surface area contributed by atoms with Gasteiger partial charge < -0.3 is 0 Å². The molecule has 16 heavy (non-hydrogen) atoms. The molecule has 5 heteroatoms. The lowest BCUT2D eigenvalue weighted by atomic mass is 10.1. The Hall–Kier alpha value is -1.49. The molecule has 2 rings (SSSR count). The molecule has 0 amide bonds. The highest BCUT2D eigenvalue weighted by Gasteiger charge is 2.17. The van der Waals surface area contributed by atoms with Crippen LogP contribution in [0.2, 0.25) is 0 Å². The second-order valence-corrected chi connectivity index (χ2v) is 4.08. The number of aryl methyl sites for hydroxylation is 1. The first kappa shape index (κ1) is 11.0. The molecule has 0 aromatic carbocycles. The monoisotopic (exact) mass is 279 g/mol. The average molecular weight is 280 g/mol. The molecular formula is C11H10BrN3O. The van der Waals surface area contributed by atoms with Crippen LogP contribution in [-0.4, -0.2) is 20.5 Å². The van der Waals surface area contributed by atoms with Crippen molar-refractivity contribution in [1.82, 2.24) is 14.8 Å².